The van der Waals surface area contributed by atoms with Crippen LogP contribution in [0, 0.1) is 5.82 Å². The topological polar surface area (TPSA) is 103 Å². The summed E-state index contributed by atoms with van der Waals surface area (Å²) >= 11 is 26.4. The minimum absolute atomic E-state index is 0.0917. The molecule has 0 amide bonds. The molecule has 2 aliphatic carbocycles. The second-order valence-corrected chi connectivity index (χ2v) is 11.5. The highest BCUT2D eigenvalue weighted by molar-refractivity contribution is 6.66. The van der Waals surface area contributed by atoms with E-state index in [4.69, 9.17) is 46.4 Å². The van der Waals surface area contributed by atoms with Gasteiger partial charge in [-0.15, -0.1) is 23.2 Å². The molecule has 0 saturated heterocycles. The minimum atomic E-state index is -2.28. The number of Topliss-reactive ketones (excluding diaryl/α,β-unsaturated/α-hetero) is 2. The number of alkyl halides is 2. The van der Waals surface area contributed by atoms with E-state index in [1.807, 2.05) is 0 Å². The number of phenols is 1. The summed E-state index contributed by atoms with van der Waals surface area (Å²) in [6.45, 7) is -0.0917. The van der Waals surface area contributed by atoms with Gasteiger partial charge < -0.3 is 5.11 Å². The lowest BCUT2D eigenvalue weighted by atomic mass is 9.59. The molecule has 2 aromatic carbocycles. The number of fused-ring (bicyclic) bond motifs is 4. The largest absolute Gasteiger partial charge is 0.505 e. The summed E-state index contributed by atoms with van der Waals surface area (Å²) < 4.78 is 17.9. The van der Waals surface area contributed by atoms with E-state index in [0.29, 0.717) is 11.3 Å². The van der Waals surface area contributed by atoms with Crippen LogP contribution in [0.1, 0.15) is 23.9 Å². The second kappa shape index (κ2) is 8.69. The maximum atomic E-state index is 14.6. The maximum Gasteiger partial charge on any atom is 0.352 e. The third-order valence-electron chi connectivity index (χ3n) is 7.62. The van der Waals surface area contributed by atoms with Gasteiger partial charge in [-0.1, -0.05) is 53.5 Å². The molecule has 4 atom stereocenters. The average molecular weight is 611 g/mol. The molecular weight excluding hydrogens is 595 g/mol. The normalized spacial score (nSPS) is 28.1. The van der Waals surface area contributed by atoms with Crippen LogP contribution in [-0.2, 0) is 16.1 Å². The Bertz CT molecular complexity index is 1790. The monoisotopic (exact) mass is 609 g/mol. The van der Waals surface area contributed by atoms with E-state index in [1.165, 1.54) is 15.4 Å². The highest BCUT2D eigenvalue weighted by atomic mass is 35.5. The summed E-state index contributed by atoms with van der Waals surface area (Å²) in [6, 6.07) is 10.6. The predicted molar refractivity (Wildman–Crippen MR) is 143 cm³/mol. The molecule has 3 aliphatic rings. The molecular formula is C26H16Cl4FN3O5. The molecule has 4 unspecified atom stereocenters. The lowest BCUT2D eigenvalue weighted by molar-refractivity contribution is -0.128. The van der Waals surface area contributed by atoms with Crippen molar-refractivity contribution in [2.24, 2.45) is 0 Å². The molecule has 200 valence electrons. The van der Waals surface area contributed by atoms with Gasteiger partial charge in [0.1, 0.15) is 19.8 Å². The Morgan fingerprint density at radius 3 is 2.26 bits per heavy atom. The Labute approximate surface area is 239 Å². The van der Waals surface area contributed by atoms with Gasteiger partial charge in [-0.05, 0) is 35.4 Å². The summed E-state index contributed by atoms with van der Waals surface area (Å²) in [7, 11) is 0. The van der Waals surface area contributed by atoms with Gasteiger partial charge in [0.15, 0.2) is 23.1 Å². The highest BCUT2D eigenvalue weighted by Crippen LogP contribution is 2.63. The fourth-order valence-corrected chi connectivity index (χ4v) is 7.37. The first-order valence-corrected chi connectivity index (χ1v) is 13.2. The van der Waals surface area contributed by atoms with E-state index >= 15 is 0 Å². The average Bonchev–Trinajstić information content (AvgIpc) is 3.18. The number of rotatable bonds is 2. The molecule has 1 saturated carbocycles. The molecule has 1 fully saturated rings. The number of halogens is 5. The van der Waals surface area contributed by atoms with Crippen molar-refractivity contribution in [3.05, 3.63) is 103 Å². The fraction of sp³-hybridized carbons (Fsp3) is 0.231. The van der Waals surface area contributed by atoms with E-state index in [1.54, 1.807) is 36.4 Å². The Balaban J connectivity index is 1.65. The first-order chi connectivity index (χ1) is 18.4. The zero-order valence-corrected chi connectivity index (χ0v) is 22.6. The van der Waals surface area contributed by atoms with E-state index in [9.17, 15) is 28.7 Å². The van der Waals surface area contributed by atoms with Crippen LogP contribution in [0.15, 0.2) is 79.8 Å². The van der Waals surface area contributed by atoms with Crippen LogP contribution < -0.4 is 11.4 Å². The Hall–Kier alpha value is -3.11. The molecule has 1 aromatic heterocycles. The van der Waals surface area contributed by atoms with Gasteiger partial charge in [-0.2, -0.15) is 0 Å². The summed E-state index contributed by atoms with van der Waals surface area (Å²) in [5.41, 5.74) is -0.579. The van der Waals surface area contributed by atoms with Crippen LogP contribution in [0.3, 0.4) is 0 Å². The zero-order chi connectivity index (χ0) is 28.0. The lowest BCUT2D eigenvalue weighted by Crippen LogP contribution is -2.67. The molecule has 1 aliphatic heterocycles. The van der Waals surface area contributed by atoms with E-state index in [-0.39, 0.29) is 12.1 Å². The van der Waals surface area contributed by atoms with E-state index < -0.39 is 72.7 Å². The van der Waals surface area contributed by atoms with Gasteiger partial charge in [0, 0.05) is 12.3 Å². The smallest absolute Gasteiger partial charge is 0.352 e. The molecule has 2 heterocycles. The summed E-state index contributed by atoms with van der Waals surface area (Å²) in [5, 5.41) is 8.57. The van der Waals surface area contributed by atoms with Gasteiger partial charge in [0.05, 0.1) is 18.3 Å². The lowest BCUT2D eigenvalue weighted by Gasteiger charge is -2.54. The first-order valence-electron chi connectivity index (χ1n) is 11.6. The van der Waals surface area contributed by atoms with Crippen LogP contribution in [-0.4, -0.2) is 40.4 Å². The molecule has 6 rings (SSSR count). The second-order valence-electron chi connectivity index (χ2n) is 9.53. The minimum Gasteiger partial charge on any atom is -0.505 e. The van der Waals surface area contributed by atoms with Crippen LogP contribution in [0.25, 0.3) is 5.69 Å². The number of carbonyl (C=O) groups is 2. The maximum absolute atomic E-state index is 14.6. The SMILES string of the molecule is O=C1C(Cl)=C(Cl)C(=O)C2(Cl)C(c3ccc(O)c(F)c3)C3=CCn4c(=O)n(-c5ccccc5)c(=O)n4C3CC12Cl. The molecule has 0 spiro atoms. The Morgan fingerprint density at radius 2 is 1.59 bits per heavy atom. The fourth-order valence-electron chi connectivity index (χ4n) is 5.84. The quantitative estimate of drug-likeness (QED) is 0.347. The molecule has 8 nitrogen and oxygen atoms in total. The van der Waals surface area contributed by atoms with Crippen LogP contribution in [0.4, 0.5) is 4.39 Å². The summed E-state index contributed by atoms with van der Waals surface area (Å²) in [4.78, 5) is 49.8. The number of nitrogens with zero attached hydrogens (tertiary/aromatic N) is 3. The van der Waals surface area contributed by atoms with Crippen LogP contribution >= 0.6 is 46.4 Å². The molecule has 3 aromatic rings. The van der Waals surface area contributed by atoms with Crippen molar-refractivity contribution in [1.82, 2.24) is 13.9 Å². The van der Waals surface area contributed by atoms with Crippen molar-refractivity contribution < 1.29 is 19.1 Å². The number of benzene rings is 2. The number of aromatic hydroxyl groups is 1. The third-order valence-corrected chi connectivity index (χ3v) is 9.87. The van der Waals surface area contributed by atoms with Gasteiger partial charge in [0.25, 0.3) is 0 Å². The standard InChI is InChI=1S/C26H16Cl4FN3O5/c27-19-20(28)22(37)26(30)18(12-6-7-17(35)15(31)10-12)14-8-9-32-23(38)33(13-4-2-1-3-5-13)24(39)34(32)16(14)11-25(26,29)21(19)36/h1-8,10,16,18,35H,9,11H2. The van der Waals surface area contributed by atoms with Crippen molar-refractivity contribution in [2.45, 2.75) is 34.7 Å². The first kappa shape index (κ1) is 26.1. The number of ketones is 2. The van der Waals surface area contributed by atoms with Gasteiger partial charge >= 0.3 is 11.4 Å². The van der Waals surface area contributed by atoms with E-state index in [0.717, 1.165) is 16.7 Å². The van der Waals surface area contributed by atoms with Gasteiger partial charge in [-0.25, -0.2) is 27.9 Å². The summed E-state index contributed by atoms with van der Waals surface area (Å²) in [6.07, 6.45) is 1.20. The number of allylic oxidation sites excluding steroid dienone is 4. The van der Waals surface area contributed by atoms with Crippen molar-refractivity contribution in [1.29, 1.82) is 0 Å². The molecule has 1 N–H and O–H groups in total. The number of hydrogen-bond donors (Lipinski definition) is 1. The number of carbonyl (C=O) groups excluding carboxylic acids is 2. The highest BCUT2D eigenvalue weighted by Gasteiger charge is 2.71. The van der Waals surface area contributed by atoms with Crippen molar-refractivity contribution >= 4 is 58.0 Å². The van der Waals surface area contributed by atoms with Crippen molar-refractivity contribution in [3.63, 3.8) is 0 Å². The zero-order valence-electron chi connectivity index (χ0n) is 19.6. The van der Waals surface area contributed by atoms with Crippen LogP contribution in [0.5, 0.6) is 5.75 Å². The predicted octanol–water partition coefficient (Wildman–Crippen LogP) is 4.11. The Morgan fingerprint density at radius 1 is 0.923 bits per heavy atom. The molecule has 0 radical (unpaired) electrons. The number of phenolic OH excluding ortho intramolecular Hbond substituents is 1. The molecule has 13 heteroatoms. The molecule has 39 heavy (non-hydrogen) atoms. The van der Waals surface area contributed by atoms with Crippen molar-refractivity contribution in [2.75, 3.05) is 0 Å². The van der Waals surface area contributed by atoms with Crippen LogP contribution in [0.2, 0.25) is 0 Å². The third kappa shape index (κ3) is 3.30. The molecule has 0 bridgehead atoms. The number of hydrogen-bond acceptors (Lipinski definition) is 5. The van der Waals surface area contributed by atoms with Crippen molar-refractivity contribution in [3.8, 4) is 11.4 Å². The number of para-hydroxylation sites is 1. The van der Waals surface area contributed by atoms with Gasteiger partial charge in [0.2, 0.25) is 0 Å². The van der Waals surface area contributed by atoms with Gasteiger partial charge in [-0.3, -0.25) is 9.59 Å². The van der Waals surface area contributed by atoms with E-state index in [2.05, 4.69) is 0 Å². The Kier molecular flexibility index (Phi) is 5.83. The summed E-state index contributed by atoms with van der Waals surface area (Å²) in [5.74, 6) is -4.84. The number of aromatic nitrogens is 3.